The van der Waals surface area contributed by atoms with Crippen LogP contribution in [0.3, 0.4) is 0 Å². The average Bonchev–Trinajstić information content (AvgIpc) is 3.23. The maximum absolute atomic E-state index is 3.72. The van der Waals surface area contributed by atoms with Gasteiger partial charge in [0.1, 0.15) is 0 Å². The predicted molar refractivity (Wildman–Crippen MR) is 151 cm³/mol. The van der Waals surface area contributed by atoms with Crippen LogP contribution in [0, 0.1) is 32.8 Å². The third kappa shape index (κ3) is 13.3. The standard InChI is InChI=1S/C13H21.3C7H7.Zr/c1-5-10-9-11(6-2)13(8-4)12(10)7-3;3*1-7-5-3-2-4-6-7;/h10H,5-8H2,1-4H3;3*2-6H,1H2;/q4*-1;+4. The first-order valence-corrected chi connectivity index (χ1v) is 12.4. The molecular weight excluding hydrogens is 500 g/mol. The summed E-state index contributed by atoms with van der Waals surface area (Å²) in [5.41, 5.74) is 7.97. The first-order valence-electron chi connectivity index (χ1n) is 12.4. The van der Waals surface area contributed by atoms with Gasteiger partial charge in [0.15, 0.2) is 0 Å². The van der Waals surface area contributed by atoms with Crippen LogP contribution in [0.5, 0.6) is 0 Å². The third-order valence-corrected chi connectivity index (χ3v) is 5.55. The molecule has 0 heterocycles. The summed E-state index contributed by atoms with van der Waals surface area (Å²) in [4.78, 5) is 0. The Kier molecular flexibility index (Phi) is 18.5. The van der Waals surface area contributed by atoms with Gasteiger partial charge in [-0.25, -0.2) is 5.57 Å². The fourth-order valence-electron chi connectivity index (χ4n) is 3.79. The molecule has 0 fully saturated rings. The second-order valence-corrected chi connectivity index (χ2v) is 8.10. The quantitative estimate of drug-likeness (QED) is 0.288. The van der Waals surface area contributed by atoms with Crippen molar-refractivity contribution in [2.24, 2.45) is 5.92 Å². The van der Waals surface area contributed by atoms with Crippen LogP contribution in [0.25, 0.3) is 0 Å². The Bertz CT molecular complexity index is 864. The summed E-state index contributed by atoms with van der Waals surface area (Å²) in [6, 6.07) is 29.6. The van der Waals surface area contributed by atoms with Crippen molar-refractivity contribution in [3.8, 4) is 0 Å². The number of rotatable bonds is 4. The third-order valence-electron chi connectivity index (χ3n) is 5.55. The Morgan fingerprint density at radius 3 is 1.14 bits per heavy atom. The van der Waals surface area contributed by atoms with Crippen LogP contribution in [0.4, 0.5) is 0 Å². The van der Waals surface area contributed by atoms with E-state index in [2.05, 4.69) is 54.5 Å². The molecule has 0 bridgehead atoms. The van der Waals surface area contributed by atoms with Crippen LogP contribution in [0.15, 0.2) is 108 Å². The number of benzene rings is 3. The Morgan fingerprint density at radius 2 is 0.943 bits per heavy atom. The van der Waals surface area contributed by atoms with E-state index in [1.807, 2.05) is 91.0 Å². The maximum Gasteiger partial charge on any atom is 4.00 e. The van der Waals surface area contributed by atoms with Gasteiger partial charge in [-0.15, -0.1) is 36.4 Å². The van der Waals surface area contributed by atoms with E-state index in [1.54, 1.807) is 11.1 Å². The molecule has 3 aromatic rings. The van der Waals surface area contributed by atoms with Crippen molar-refractivity contribution >= 4 is 0 Å². The number of allylic oxidation sites excluding steroid dienone is 4. The van der Waals surface area contributed by atoms with Gasteiger partial charge in [0.05, 0.1) is 0 Å². The van der Waals surface area contributed by atoms with Crippen molar-refractivity contribution in [3.63, 3.8) is 0 Å². The molecule has 1 atom stereocenters. The molecule has 35 heavy (non-hydrogen) atoms. The molecule has 0 radical (unpaired) electrons. The average molecular weight is 542 g/mol. The molecule has 0 saturated carbocycles. The van der Waals surface area contributed by atoms with E-state index in [9.17, 15) is 0 Å². The van der Waals surface area contributed by atoms with E-state index in [1.165, 1.54) is 24.8 Å². The SMILES string of the molecule is CCC1=[C-]C(CC)C(CC)=C1CC.[CH2-]c1ccccc1.[CH2-]c1ccccc1.[CH2-]c1ccccc1.[Zr+4]. The Labute approximate surface area is 235 Å². The van der Waals surface area contributed by atoms with E-state index in [-0.39, 0.29) is 26.2 Å². The van der Waals surface area contributed by atoms with Gasteiger partial charge in [-0.3, -0.25) is 6.08 Å². The summed E-state index contributed by atoms with van der Waals surface area (Å²) in [5.74, 6) is 0.634. The zero-order valence-corrected chi connectivity index (χ0v) is 24.6. The number of hydrogen-bond acceptors (Lipinski definition) is 0. The second-order valence-electron chi connectivity index (χ2n) is 8.10. The minimum atomic E-state index is 0. The van der Waals surface area contributed by atoms with Crippen molar-refractivity contribution in [1.29, 1.82) is 0 Å². The van der Waals surface area contributed by atoms with Gasteiger partial charge in [0, 0.05) is 0 Å². The van der Waals surface area contributed by atoms with Crippen LogP contribution in [0.1, 0.15) is 70.1 Å². The first kappa shape index (κ1) is 32.6. The fourth-order valence-corrected chi connectivity index (χ4v) is 3.79. The largest absolute Gasteiger partial charge is 4.00 e. The van der Waals surface area contributed by atoms with Crippen molar-refractivity contribution in [2.45, 2.75) is 53.4 Å². The van der Waals surface area contributed by atoms with Crippen LogP contribution in [0.2, 0.25) is 0 Å². The molecule has 0 spiro atoms. The van der Waals surface area contributed by atoms with E-state index in [4.69, 9.17) is 0 Å². The molecule has 182 valence electrons. The maximum atomic E-state index is 3.72. The van der Waals surface area contributed by atoms with Gasteiger partial charge in [-0.1, -0.05) is 77.5 Å². The Morgan fingerprint density at radius 1 is 0.571 bits per heavy atom. The molecule has 3 aromatic carbocycles. The van der Waals surface area contributed by atoms with Crippen LogP contribution in [-0.4, -0.2) is 0 Å². The van der Waals surface area contributed by atoms with Gasteiger partial charge in [-0.05, 0) is 0 Å². The molecule has 0 aliphatic heterocycles. The number of hydrogen-bond donors (Lipinski definition) is 0. The zero-order valence-electron chi connectivity index (χ0n) is 22.2. The summed E-state index contributed by atoms with van der Waals surface area (Å²) < 4.78 is 0. The minimum Gasteiger partial charge on any atom is -0.266 e. The van der Waals surface area contributed by atoms with Gasteiger partial charge in [-0.2, -0.15) is 85.0 Å². The second kappa shape index (κ2) is 19.9. The van der Waals surface area contributed by atoms with E-state index in [0.717, 1.165) is 23.1 Å². The molecule has 4 rings (SSSR count). The van der Waals surface area contributed by atoms with E-state index < -0.39 is 0 Å². The van der Waals surface area contributed by atoms with Crippen LogP contribution in [-0.2, 0) is 26.2 Å². The molecule has 0 saturated heterocycles. The Hall–Kier alpha value is -2.37. The predicted octanol–water partition coefficient (Wildman–Crippen LogP) is 9.89. The summed E-state index contributed by atoms with van der Waals surface area (Å²) in [6.07, 6.45) is 8.41. The van der Waals surface area contributed by atoms with Gasteiger partial charge in [0.2, 0.25) is 0 Å². The van der Waals surface area contributed by atoms with Gasteiger partial charge in [0.25, 0.3) is 0 Å². The molecule has 0 amide bonds. The molecular formula is C34H42Zr. The Balaban J connectivity index is 0.000000456. The van der Waals surface area contributed by atoms with Crippen molar-refractivity contribution in [3.05, 3.63) is 151 Å². The van der Waals surface area contributed by atoms with Gasteiger partial charge >= 0.3 is 26.2 Å². The summed E-state index contributed by atoms with van der Waals surface area (Å²) >= 11 is 0. The van der Waals surface area contributed by atoms with E-state index >= 15 is 0 Å². The molecule has 0 nitrogen and oxygen atoms in total. The van der Waals surface area contributed by atoms with Crippen LogP contribution < -0.4 is 0 Å². The molecule has 0 N–H and O–H groups in total. The van der Waals surface area contributed by atoms with Gasteiger partial charge < -0.3 is 0 Å². The topological polar surface area (TPSA) is 0 Å². The summed E-state index contributed by atoms with van der Waals surface area (Å²) in [7, 11) is 0. The monoisotopic (exact) mass is 540 g/mol. The van der Waals surface area contributed by atoms with Crippen LogP contribution >= 0.6 is 0 Å². The molecule has 1 heteroatoms. The van der Waals surface area contributed by atoms with Crippen molar-refractivity contribution in [2.75, 3.05) is 0 Å². The molecule has 1 unspecified atom stereocenters. The molecule has 1 aliphatic rings. The summed E-state index contributed by atoms with van der Waals surface area (Å²) in [6.45, 7) is 20.2. The molecule has 1 aliphatic carbocycles. The van der Waals surface area contributed by atoms with Crippen molar-refractivity contribution < 1.29 is 26.2 Å². The zero-order chi connectivity index (χ0) is 25.2. The minimum absolute atomic E-state index is 0. The fraction of sp³-hybridized carbons (Fsp3) is 0.265. The normalized spacial score (nSPS) is 13.5. The van der Waals surface area contributed by atoms with E-state index in [0.29, 0.717) is 5.92 Å². The molecule has 0 aromatic heterocycles. The first-order chi connectivity index (χ1) is 16.5. The van der Waals surface area contributed by atoms with Crippen molar-refractivity contribution in [1.82, 2.24) is 0 Å². The summed E-state index contributed by atoms with van der Waals surface area (Å²) in [5, 5.41) is 0. The smallest absolute Gasteiger partial charge is 0.266 e.